The molecule has 0 amide bonds. The number of thiocarbonyl (C=S) groups is 1. The summed E-state index contributed by atoms with van der Waals surface area (Å²) in [6, 6.07) is 0.456. The molecule has 0 aliphatic carbocycles. The Balaban J connectivity index is 3.89. The van der Waals surface area contributed by atoms with Gasteiger partial charge in [0.05, 0.1) is 6.61 Å². The summed E-state index contributed by atoms with van der Waals surface area (Å²) in [5, 5.41) is 4.01. The maximum absolute atomic E-state index is 5.29. The van der Waals surface area contributed by atoms with Crippen LogP contribution in [0.4, 0.5) is 0 Å². The van der Waals surface area contributed by atoms with Crippen molar-refractivity contribution in [1.29, 1.82) is 0 Å². The van der Waals surface area contributed by atoms with Gasteiger partial charge in [-0.15, -0.1) is 0 Å². The minimum absolute atomic E-state index is 0.456. The van der Waals surface area contributed by atoms with Gasteiger partial charge < -0.3 is 15.0 Å². The number of nitrogens with zero attached hydrogens (tertiary/aromatic N) is 1. The van der Waals surface area contributed by atoms with Crippen LogP contribution in [0.3, 0.4) is 0 Å². The molecule has 84 valence electrons. The predicted octanol–water partition coefficient (Wildman–Crippen LogP) is 1.63. The zero-order valence-electron chi connectivity index (χ0n) is 9.67. The average Bonchev–Trinajstić information content (AvgIpc) is 2.13. The molecule has 0 unspecified atom stereocenters. The van der Waals surface area contributed by atoms with Crippen molar-refractivity contribution in [2.75, 3.05) is 26.8 Å². The van der Waals surface area contributed by atoms with Crippen LogP contribution < -0.4 is 5.32 Å². The summed E-state index contributed by atoms with van der Waals surface area (Å²) in [6.45, 7) is 8.95. The van der Waals surface area contributed by atoms with Crippen LogP contribution >= 0.6 is 12.2 Å². The summed E-state index contributed by atoms with van der Waals surface area (Å²) < 4.78 is 4.95. The van der Waals surface area contributed by atoms with E-state index in [0.29, 0.717) is 12.6 Å². The number of hydrogen-bond donors (Lipinski definition) is 1. The fourth-order valence-electron chi connectivity index (χ4n) is 1.20. The minimum atomic E-state index is 0.456. The maximum Gasteiger partial charge on any atom is 0.169 e. The summed E-state index contributed by atoms with van der Waals surface area (Å²) in [5.41, 5.74) is 0. The number of ether oxygens (including phenoxy) is 1. The largest absolute Gasteiger partial charge is 0.383 e. The SMILES string of the molecule is CCCN(C(=S)NCCOC)C(C)C. The van der Waals surface area contributed by atoms with Crippen LogP contribution in [0.15, 0.2) is 0 Å². The lowest BCUT2D eigenvalue weighted by Gasteiger charge is -2.29. The van der Waals surface area contributed by atoms with Gasteiger partial charge in [-0.25, -0.2) is 0 Å². The molecule has 0 aromatic heterocycles. The Morgan fingerprint density at radius 3 is 2.57 bits per heavy atom. The van der Waals surface area contributed by atoms with Gasteiger partial charge in [0.15, 0.2) is 5.11 Å². The Kier molecular flexibility index (Phi) is 7.80. The van der Waals surface area contributed by atoms with Gasteiger partial charge in [-0.2, -0.15) is 0 Å². The molecule has 3 nitrogen and oxygen atoms in total. The van der Waals surface area contributed by atoms with Crippen molar-refractivity contribution in [3.8, 4) is 0 Å². The third-order valence-corrected chi connectivity index (χ3v) is 2.31. The molecule has 0 saturated heterocycles. The first-order valence-corrected chi connectivity index (χ1v) is 5.57. The molecule has 14 heavy (non-hydrogen) atoms. The molecule has 0 rings (SSSR count). The fraction of sp³-hybridized carbons (Fsp3) is 0.900. The highest BCUT2D eigenvalue weighted by molar-refractivity contribution is 7.80. The summed E-state index contributed by atoms with van der Waals surface area (Å²) in [6.07, 6.45) is 1.12. The van der Waals surface area contributed by atoms with Crippen molar-refractivity contribution in [3.05, 3.63) is 0 Å². The van der Waals surface area contributed by atoms with Crippen LogP contribution in [0.5, 0.6) is 0 Å². The number of methoxy groups -OCH3 is 1. The van der Waals surface area contributed by atoms with Crippen LogP contribution in [0, 0.1) is 0 Å². The van der Waals surface area contributed by atoms with E-state index in [0.717, 1.165) is 24.6 Å². The standard InChI is InChI=1S/C10H22N2OS/c1-5-7-12(9(2)3)10(14)11-6-8-13-4/h9H,5-8H2,1-4H3,(H,11,14). The Morgan fingerprint density at radius 1 is 1.50 bits per heavy atom. The van der Waals surface area contributed by atoms with Crippen LogP contribution in [0.1, 0.15) is 27.2 Å². The van der Waals surface area contributed by atoms with Crippen molar-refractivity contribution in [3.63, 3.8) is 0 Å². The van der Waals surface area contributed by atoms with E-state index in [1.807, 2.05) is 0 Å². The molecule has 0 aromatic carbocycles. The molecular formula is C10H22N2OS. The van der Waals surface area contributed by atoms with E-state index < -0.39 is 0 Å². The van der Waals surface area contributed by atoms with Crippen molar-refractivity contribution in [2.24, 2.45) is 0 Å². The van der Waals surface area contributed by atoms with Crippen molar-refractivity contribution < 1.29 is 4.74 Å². The molecule has 0 saturated carbocycles. The van der Waals surface area contributed by atoms with Gasteiger partial charge in [-0.1, -0.05) is 6.92 Å². The third kappa shape index (κ3) is 5.40. The van der Waals surface area contributed by atoms with Crippen LogP contribution in [0.25, 0.3) is 0 Å². The molecule has 0 heterocycles. The van der Waals surface area contributed by atoms with E-state index in [1.165, 1.54) is 0 Å². The number of nitrogens with one attached hydrogen (secondary N) is 1. The van der Waals surface area contributed by atoms with Crippen LogP contribution in [0.2, 0.25) is 0 Å². The second-order valence-electron chi connectivity index (χ2n) is 3.51. The Bertz CT molecular complexity index is 162. The van der Waals surface area contributed by atoms with Gasteiger partial charge in [-0.05, 0) is 32.5 Å². The minimum Gasteiger partial charge on any atom is -0.383 e. The lowest BCUT2D eigenvalue weighted by atomic mass is 10.3. The lowest BCUT2D eigenvalue weighted by Crippen LogP contribution is -2.45. The van der Waals surface area contributed by atoms with E-state index in [4.69, 9.17) is 17.0 Å². The highest BCUT2D eigenvalue weighted by atomic mass is 32.1. The van der Waals surface area contributed by atoms with Crippen molar-refractivity contribution in [2.45, 2.75) is 33.2 Å². The monoisotopic (exact) mass is 218 g/mol. The van der Waals surface area contributed by atoms with Crippen LogP contribution in [-0.2, 0) is 4.74 Å². The number of hydrogen-bond acceptors (Lipinski definition) is 2. The van der Waals surface area contributed by atoms with Gasteiger partial charge in [0.1, 0.15) is 0 Å². The molecule has 0 radical (unpaired) electrons. The first-order chi connectivity index (χ1) is 6.63. The fourth-order valence-corrected chi connectivity index (χ4v) is 1.60. The zero-order valence-corrected chi connectivity index (χ0v) is 10.5. The molecule has 1 N–H and O–H groups in total. The molecule has 0 fully saturated rings. The van der Waals surface area contributed by atoms with E-state index in [1.54, 1.807) is 7.11 Å². The Labute approximate surface area is 92.8 Å². The molecular weight excluding hydrogens is 196 g/mol. The summed E-state index contributed by atoms with van der Waals surface area (Å²) in [4.78, 5) is 2.20. The topological polar surface area (TPSA) is 24.5 Å². The van der Waals surface area contributed by atoms with Crippen molar-refractivity contribution >= 4 is 17.3 Å². The Morgan fingerprint density at radius 2 is 2.14 bits per heavy atom. The molecule has 0 atom stereocenters. The Hall–Kier alpha value is -0.350. The molecule has 0 spiro atoms. The van der Waals surface area contributed by atoms with Crippen molar-refractivity contribution in [1.82, 2.24) is 10.2 Å². The van der Waals surface area contributed by atoms with Crippen LogP contribution in [-0.4, -0.2) is 42.9 Å². The quantitative estimate of drug-likeness (QED) is 0.541. The third-order valence-electron chi connectivity index (χ3n) is 1.93. The summed E-state index contributed by atoms with van der Waals surface area (Å²) in [5.74, 6) is 0. The molecule has 0 aliphatic rings. The lowest BCUT2D eigenvalue weighted by molar-refractivity contribution is 0.202. The summed E-state index contributed by atoms with van der Waals surface area (Å²) in [7, 11) is 1.69. The smallest absolute Gasteiger partial charge is 0.169 e. The van der Waals surface area contributed by atoms with E-state index >= 15 is 0 Å². The molecule has 0 bridgehead atoms. The highest BCUT2D eigenvalue weighted by Crippen LogP contribution is 2.00. The molecule has 4 heteroatoms. The second-order valence-corrected chi connectivity index (χ2v) is 3.90. The maximum atomic E-state index is 5.29. The van der Waals surface area contributed by atoms with E-state index in [-0.39, 0.29) is 0 Å². The second kappa shape index (κ2) is 8.00. The van der Waals surface area contributed by atoms with E-state index in [2.05, 4.69) is 31.0 Å². The molecule has 0 aromatic rings. The normalized spacial score (nSPS) is 10.4. The predicted molar refractivity (Wildman–Crippen MR) is 64.6 cm³/mol. The van der Waals surface area contributed by atoms with Gasteiger partial charge in [-0.3, -0.25) is 0 Å². The van der Waals surface area contributed by atoms with Gasteiger partial charge in [0.2, 0.25) is 0 Å². The molecule has 0 aliphatic heterocycles. The van der Waals surface area contributed by atoms with Gasteiger partial charge in [0, 0.05) is 26.2 Å². The zero-order chi connectivity index (χ0) is 11.0. The van der Waals surface area contributed by atoms with Gasteiger partial charge in [0.25, 0.3) is 0 Å². The first-order valence-electron chi connectivity index (χ1n) is 5.16. The first kappa shape index (κ1) is 13.7. The number of rotatable bonds is 6. The average molecular weight is 218 g/mol. The summed E-state index contributed by atoms with van der Waals surface area (Å²) >= 11 is 5.29. The van der Waals surface area contributed by atoms with Gasteiger partial charge >= 0.3 is 0 Å². The van der Waals surface area contributed by atoms with E-state index in [9.17, 15) is 0 Å². The highest BCUT2D eigenvalue weighted by Gasteiger charge is 2.10.